The van der Waals surface area contributed by atoms with E-state index in [2.05, 4.69) is 4.72 Å². The van der Waals surface area contributed by atoms with E-state index < -0.39 is 15.6 Å². The zero-order valence-electron chi connectivity index (χ0n) is 11.8. The molecule has 0 saturated carbocycles. The average molecular weight is 350 g/mol. The van der Waals surface area contributed by atoms with E-state index in [1.807, 2.05) is 0 Å². The summed E-state index contributed by atoms with van der Waals surface area (Å²) in [6.07, 6.45) is 0. The molecule has 0 spiro atoms. The standard InChI is InChI=1S/C16H12ClNO4S/c17-14-4-2-1-3-12(14)10-18-23(20,21)13-6-7-15-11(9-13)5-8-16(19)22-15/h1-9,18H,10H2. The van der Waals surface area contributed by atoms with Gasteiger partial charge in [-0.2, -0.15) is 0 Å². The molecule has 0 aliphatic rings. The van der Waals surface area contributed by atoms with Crippen LogP contribution in [-0.2, 0) is 16.6 Å². The van der Waals surface area contributed by atoms with Crippen molar-refractivity contribution in [1.29, 1.82) is 0 Å². The van der Waals surface area contributed by atoms with Crippen molar-refractivity contribution < 1.29 is 12.8 Å². The van der Waals surface area contributed by atoms with Crippen LogP contribution in [-0.4, -0.2) is 8.42 Å². The first-order valence-corrected chi connectivity index (χ1v) is 8.59. The van der Waals surface area contributed by atoms with Gasteiger partial charge in [-0.1, -0.05) is 29.8 Å². The van der Waals surface area contributed by atoms with Crippen molar-refractivity contribution in [3.8, 4) is 0 Å². The minimum atomic E-state index is -3.71. The van der Waals surface area contributed by atoms with Crippen molar-refractivity contribution in [3.63, 3.8) is 0 Å². The predicted molar refractivity (Wildman–Crippen MR) is 88.0 cm³/mol. The molecule has 23 heavy (non-hydrogen) atoms. The molecule has 7 heteroatoms. The third-order valence-corrected chi connectivity index (χ3v) is 5.08. The zero-order chi connectivity index (χ0) is 16.4. The smallest absolute Gasteiger partial charge is 0.336 e. The molecule has 3 rings (SSSR count). The number of nitrogens with one attached hydrogen (secondary N) is 1. The number of halogens is 1. The fourth-order valence-corrected chi connectivity index (χ4v) is 3.36. The van der Waals surface area contributed by atoms with Gasteiger partial charge in [-0.15, -0.1) is 0 Å². The summed E-state index contributed by atoms with van der Waals surface area (Å²) in [4.78, 5) is 11.2. The first-order valence-electron chi connectivity index (χ1n) is 6.73. The van der Waals surface area contributed by atoms with Crippen molar-refractivity contribution >= 4 is 32.6 Å². The van der Waals surface area contributed by atoms with Crippen molar-refractivity contribution in [2.45, 2.75) is 11.4 Å². The van der Waals surface area contributed by atoms with Gasteiger partial charge in [0.05, 0.1) is 4.90 Å². The van der Waals surface area contributed by atoms with Crippen molar-refractivity contribution in [1.82, 2.24) is 4.72 Å². The second kappa shape index (κ2) is 6.16. The molecular formula is C16H12ClNO4S. The highest BCUT2D eigenvalue weighted by Gasteiger charge is 2.15. The summed E-state index contributed by atoms with van der Waals surface area (Å²) < 4.78 is 32.3. The molecule has 1 aromatic heterocycles. The Morgan fingerprint density at radius 3 is 2.61 bits per heavy atom. The number of sulfonamides is 1. The maximum Gasteiger partial charge on any atom is 0.336 e. The largest absolute Gasteiger partial charge is 0.423 e. The second-order valence-corrected chi connectivity index (χ2v) is 7.04. The van der Waals surface area contributed by atoms with Gasteiger partial charge in [0, 0.05) is 23.0 Å². The molecule has 1 heterocycles. The van der Waals surface area contributed by atoms with Gasteiger partial charge in [0.15, 0.2) is 0 Å². The van der Waals surface area contributed by atoms with Crippen molar-refractivity contribution in [2.24, 2.45) is 0 Å². The van der Waals surface area contributed by atoms with E-state index in [1.165, 1.54) is 30.3 Å². The third kappa shape index (κ3) is 3.44. The molecule has 0 saturated heterocycles. The van der Waals surface area contributed by atoms with Crippen LogP contribution in [0.25, 0.3) is 11.0 Å². The predicted octanol–water partition coefficient (Wildman–Crippen LogP) is 2.92. The Hall–Kier alpha value is -2.15. The molecule has 0 aliphatic carbocycles. The van der Waals surface area contributed by atoms with Gasteiger partial charge in [-0.05, 0) is 35.9 Å². The van der Waals surface area contributed by atoms with Gasteiger partial charge in [0.2, 0.25) is 10.0 Å². The molecule has 0 radical (unpaired) electrons. The zero-order valence-corrected chi connectivity index (χ0v) is 13.4. The lowest BCUT2D eigenvalue weighted by Gasteiger charge is -2.08. The number of rotatable bonds is 4. The molecule has 1 N–H and O–H groups in total. The van der Waals surface area contributed by atoms with Gasteiger partial charge in [0.25, 0.3) is 0 Å². The highest BCUT2D eigenvalue weighted by atomic mass is 35.5. The summed E-state index contributed by atoms with van der Waals surface area (Å²) in [5.41, 5.74) is 0.539. The number of hydrogen-bond acceptors (Lipinski definition) is 4. The lowest BCUT2D eigenvalue weighted by atomic mass is 10.2. The maximum absolute atomic E-state index is 12.4. The number of benzene rings is 2. The van der Waals surface area contributed by atoms with Crippen molar-refractivity contribution in [2.75, 3.05) is 0 Å². The summed E-state index contributed by atoms with van der Waals surface area (Å²) in [6.45, 7) is 0.0872. The average Bonchev–Trinajstić information content (AvgIpc) is 2.53. The maximum atomic E-state index is 12.4. The van der Waals surface area contributed by atoms with E-state index in [9.17, 15) is 13.2 Å². The Morgan fingerprint density at radius 2 is 1.83 bits per heavy atom. The first kappa shape index (κ1) is 15.7. The Kier molecular flexibility index (Phi) is 4.21. The van der Waals surface area contributed by atoms with E-state index in [-0.39, 0.29) is 11.4 Å². The van der Waals surface area contributed by atoms with Crippen LogP contribution in [0.15, 0.2) is 68.7 Å². The van der Waals surface area contributed by atoms with Crippen LogP contribution in [0.4, 0.5) is 0 Å². The van der Waals surface area contributed by atoms with E-state index in [0.717, 1.165) is 0 Å². The number of hydrogen-bond donors (Lipinski definition) is 1. The van der Waals surface area contributed by atoms with Crippen LogP contribution < -0.4 is 10.3 Å². The molecule has 118 valence electrons. The lowest BCUT2D eigenvalue weighted by molar-refractivity contribution is 0.560. The molecule has 2 aromatic carbocycles. The molecule has 0 amide bonds. The Morgan fingerprint density at radius 1 is 1.04 bits per heavy atom. The third-order valence-electron chi connectivity index (χ3n) is 3.31. The highest BCUT2D eigenvalue weighted by molar-refractivity contribution is 7.89. The molecule has 0 unspecified atom stereocenters. The number of fused-ring (bicyclic) bond motifs is 1. The summed E-state index contributed by atoms with van der Waals surface area (Å²) in [6, 6.07) is 14.1. The van der Waals surface area contributed by atoms with E-state index in [0.29, 0.717) is 21.6 Å². The molecule has 3 aromatic rings. The summed E-state index contributed by atoms with van der Waals surface area (Å²) in [7, 11) is -3.71. The summed E-state index contributed by atoms with van der Waals surface area (Å²) in [5, 5.41) is 1.03. The molecular weight excluding hydrogens is 338 g/mol. The van der Waals surface area contributed by atoms with E-state index in [1.54, 1.807) is 24.3 Å². The quantitative estimate of drug-likeness (QED) is 0.735. The molecule has 0 aliphatic heterocycles. The SMILES string of the molecule is O=c1ccc2cc(S(=O)(=O)NCc3ccccc3Cl)ccc2o1. The highest BCUT2D eigenvalue weighted by Crippen LogP contribution is 2.19. The normalized spacial score (nSPS) is 11.7. The van der Waals surface area contributed by atoms with Gasteiger partial charge >= 0.3 is 5.63 Å². The topological polar surface area (TPSA) is 76.4 Å². The Bertz CT molecular complexity index is 1030. The fraction of sp³-hybridized carbons (Fsp3) is 0.0625. The van der Waals surface area contributed by atoms with Crippen LogP contribution >= 0.6 is 11.6 Å². The first-order chi connectivity index (χ1) is 11.0. The minimum absolute atomic E-state index is 0.0872. The van der Waals surface area contributed by atoms with Gasteiger partial charge in [0.1, 0.15) is 5.58 Å². The van der Waals surface area contributed by atoms with Crippen LogP contribution in [0.1, 0.15) is 5.56 Å². The molecule has 5 nitrogen and oxygen atoms in total. The fourth-order valence-electron chi connectivity index (χ4n) is 2.11. The molecule has 0 bridgehead atoms. The Labute approximate surface area is 137 Å². The van der Waals surface area contributed by atoms with Crippen LogP contribution in [0, 0.1) is 0 Å². The summed E-state index contributed by atoms with van der Waals surface area (Å²) in [5.74, 6) is 0. The lowest BCUT2D eigenvalue weighted by Crippen LogP contribution is -2.23. The van der Waals surface area contributed by atoms with Gasteiger partial charge < -0.3 is 4.42 Å². The van der Waals surface area contributed by atoms with E-state index >= 15 is 0 Å². The second-order valence-electron chi connectivity index (χ2n) is 4.87. The van der Waals surface area contributed by atoms with Crippen LogP contribution in [0.5, 0.6) is 0 Å². The molecule has 0 fully saturated rings. The van der Waals surface area contributed by atoms with Crippen LogP contribution in [0.2, 0.25) is 5.02 Å². The molecule has 0 atom stereocenters. The summed E-state index contributed by atoms with van der Waals surface area (Å²) >= 11 is 6.02. The van der Waals surface area contributed by atoms with Crippen molar-refractivity contribution in [3.05, 3.63) is 75.6 Å². The minimum Gasteiger partial charge on any atom is -0.423 e. The van der Waals surface area contributed by atoms with Gasteiger partial charge in [-0.25, -0.2) is 17.9 Å². The van der Waals surface area contributed by atoms with E-state index in [4.69, 9.17) is 16.0 Å². The Balaban J connectivity index is 1.89. The monoisotopic (exact) mass is 349 g/mol. The van der Waals surface area contributed by atoms with Gasteiger partial charge in [-0.3, -0.25) is 0 Å². The van der Waals surface area contributed by atoms with Crippen LogP contribution in [0.3, 0.4) is 0 Å².